The molecule has 0 aliphatic carbocycles. The summed E-state index contributed by atoms with van der Waals surface area (Å²) < 4.78 is 26.2. The van der Waals surface area contributed by atoms with Crippen LogP contribution in [0.5, 0.6) is 0 Å². The van der Waals surface area contributed by atoms with E-state index in [0.717, 1.165) is 88.0 Å². The van der Waals surface area contributed by atoms with Gasteiger partial charge in [0.1, 0.15) is 5.82 Å². The van der Waals surface area contributed by atoms with Gasteiger partial charge in [-0.05, 0) is 93.0 Å². The first-order valence-electron chi connectivity index (χ1n) is 15.4. The molecule has 4 aromatic rings. The van der Waals surface area contributed by atoms with E-state index in [0.29, 0.717) is 17.8 Å². The number of aromatic nitrogens is 1. The first kappa shape index (κ1) is 29.3. The molecule has 4 heterocycles. The molecule has 228 valence electrons. The smallest absolute Gasteiger partial charge is 0.412 e. The van der Waals surface area contributed by atoms with Crippen LogP contribution in [0.3, 0.4) is 0 Å². The summed E-state index contributed by atoms with van der Waals surface area (Å²) in [7, 11) is 0. The molecule has 0 spiro atoms. The van der Waals surface area contributed by atoms with Gasteiger partial charge >= 0.3 is 11.3 Å². The summed E-state index contributed by atoms with van der Waals surface area (Å²) in [5.74, 6) is 0.252. The van der Waals surface area contributed by atoms with E-state index < -0.39 is 11.3 Å². The molecule has 2 aliphatic heterocycles. The standard InChI is InChI=1S/C33H39FN4O5/c1-2-36-14-10-23(11-15-36)21-35-29(39)20-24-5-8-27-28(19-24)38(31-30(27)42-32(40)33(41)43-31)26-12-17-37(18-13-26)16-9-22-3-6-25(34)7-4-22/h3-8,19,23,26H,2,9-18,20-21H2,1H3,(H,35,39). The molecule has 6 rings (SSSR count). The molecular formula is C33H39FN4O5. The Morgan fingerprint density at radius 2 is 1.58 bits per heavy atom. The van der Waals surface area contributed by atoms with Crippen molar-refractivity contribution >= 4 is 28.1 Å². The third-order valence-electron chi connectivity index (χ3n) is 9.19. The molecule has 2 aliphatic rings. The van der Waals surface area contributed by atoms with Crippen molar-refractivity contribution in [2.75, 3.05) is 45.8 Å². The number of halogens is 1. The molecule has 0 atom stereocenters. The molecule has 2 aromatic heterocycles. The molecule has 0 bridgehead atoms. The van der Waals surface area contributed by atoms with Crippen LogP contribution in [0.2, 0.25) is 0 Å². The van der Waals surface area contributed by atoms with Crippen LogP contribution >= 0.6 is 0 Å². The topological polar surface area (TPSA) is 101 Å². The average Bonchev–Trinajstić information content (AvgIpc) is 3.32. The van der Waals surface area contributed by atoms with Crippen molar-refractivity contribution < 1.29 is 18.0 Å². The fourth-order valence-corrected chi connectivity index (χ4v) is 6.59. The van der Waals surface area contributed by atoms with Gasteiger partial charge in [-0.15, -0.1) is 0 Å². The first-order valence-corrected chi connectivity index (χ1v) is 15.4. The highest BCUT2D eigenvalue weighted by Crippen LogP contribution is 2.35. The SMILES string of the molecule is CCN1CCC(CNC(=O)Cc2ccc3c4oc(=O)c(=O)oc4n(C4CCN(CCc5ccc(F)cc5)CC4)c3c2)CC1. The molecule has 1 N–H and O–H groups in total. The fraction of sp³-hybridized carbons (Fsp3) is 0.485. The van der Waals surface area contributed by atoms with E-state index in [1.54, 1.807) is 0 Å². The summed E-state index contributed by atoms with van der Waals surface area (Å²) in [4.78, 5) is 42.0. The fourth-order valence-electron chi connectivity index (χ4n) is 6.59. The maximum atomic E-state index is 13.3. The van der Waals surface area contributed by atoms with Crippen LogP contribution in [-0.4, -0.2) is 66.1 Å². The van der Waals surface area contributed by atoms with Gasteiger partial charge in [0.2, 0.25) is 17.2 Å². The minimum Gasteiger partial charge on any atom is -0.412 e. The van der Waals surface area contributed by atoms with Gasteiger partial charge in [0.25, 0.3) is 0 Å². The van der Waals surface area contributed by atoms with Crippen molar-refractivity contribution in [3.05, 3.63) is 80.2 Å². The number of nitrogens with one attached hydrogen (secondary N) is 1. The predicted molar refractivity (Wildman–Crippen MR) is 163 cm³/mol. The van der Waals surface area contributed by atoms with E-state index in [2.05, 4.69) is 22.0 Å². The van der Waals surface area contributed by atoms with Crippen LogP contribution in [0.25, 0.3) is 22.2 Å². The summed E-state index contributed by atoms with van der Waals surface area (Å²) in [6.45, 7) is 8.65. The van der Waals surface area contributed by atoms with Crippen LogP contribution in [0.15, 0.2) is 60.9 Å². The Balaban J connectivity index is 1.17. The van der Waals surface area contributed by atoms with E-state index >= 15 is 0 Å². The van der Waals surface area contributed by atoms with Gasteiger partial charge in [0, 0.05) is 37.6 Å². The van der Waals surface area contributed by atoms with Crippen LogP contribution in [-0.2, 0) is 17.6 Å². The van der Waals surface area contributed by atoms with Crippen molar-refractivity contribution in [3.63, 3.8) is 0 Å². The van der Waals surface area contributed by atoms with E-state index in [1.807, 2.05) is 34.9 Å². The number of hydrogen-bond donors (Lipinski definition) is 1. The second kappa shape index (κ2) is 12.9. The van der Waals surface area contributed by atoms with Gasteiger partial charge in [-0.2, -0.15) is 0 Å². The molecule has 2 aromatic carbocycles. The lowest BCUT2D eigenvalue weighted by molar-refractivity contribution is -0.120. The van der Waals surface area contributed by atoms with E-state index in [9.17, 15) is 18.8 Å². The molecule has 1 amide bonds. The second-order valence-corrected chi connectivity index (χ2v) is 11.9. The molecular weight excluding hydrogens is 551 g/mol. The van der Waals surface area contributed by atoms with Crippen molar-refractivity contribution in [3.8, 4) is 0 Å². The third kappa shape index (κ3) is 6.60. The number of carbonyl (C=O) groups is 1. The number of fused-ring (bicyclic) bond motifs is 3. The Bertz CT molecular complexity index is 1690. The maximum Gasteiger partial charge on any atom is 0.424 e. The Morgan fingerprint density at radius 1 is 0.907 bits per heavy atom. The lowest BCUT2D eigenvalue weighted by Gasteiger charge is -2.33. The number of rotatable bonds is 9. The summed E-state index contributed by atoms with van der Waals surface area (Å²) in [5, 5.41) is 3.81. The van der Waals surface area contributed by atoms with E-state index in [-0.39, 0.29) is 35.5 Å². The average molecular weight is 591 g/mol. The van der Waals surface area contributed by atoms with Crippen molar-refractivity contribution in [1.29, 1.82) is 0 Å². The van der Waals surface area contributed by atoms with Crippen molar-refractivity contribution in [1.82, 2.24) is 19.7 Å². The summed E-state index contributed by atoms with van der Waals surface area (Å²) in [6.07, 6.45) is 4.90. The van der Waals surface area contributed by atoms with Crippen LogP contribution < -0.4 is 16.6 Å². The second-order valence-electron chi connectivity index (χ2n) is 11.9. The van der Waals surface area contributed by atoms with Crippen LogP contribution in [0.1, 0.15) is 49.8 Å². The summed E-state index contributed by atoms with van der Waals surface area (Å²) >= 11 is 0. The zero-order valence-corrected chi connectivity index (χ0v) is 24.6. The highest BCUT2D eigenvalue weighted by Gasteiger charge is 2.27. The highest BCUT2D eigenvalue weighted by atomic mass is 19.1. The van der Waals surface area contributed by atoms with Crippen LogP contribution in [0.4, 0.5) is 4.39 Å². The molecule has 10 heteroatoms. The van der Waals surface area contributed by atoms with E-state index in [4.69, 9.17) is 8.83 Å². The molecule has 43 heavy (non-hydrogen) atoms. The first-order chi connectivity index (χ1) is 20.9. The van der Waals surface area contributed by atoms with Gasteiger partial charge in [-0.1, -0.05) is 25.1 Å². The third-order valence-corrected chi connectivity index (χ3v) is 9.19. The molecule has 2 fully saturated rings. The molecule has 9 nitrogen and oxygen atoms in total. The lowest BCUT2D eigenvalue weighted by atomic mass is 9.96. The normalized spacial score (nSPS) is 17.6. The molecule has 0 unspecified atom stereocenters. The summed E-state index contributed by atoms with van der Waals surface area (Å²) in [5.41, 5.74) is 1.18. The Kier molecular flexibility index (Phi) is 8.76. The van der Waals surface area contributed by atoms with Gasteiger partial charge in [0.15, 0.2) is 0 Å². The number of hydrogen-bond acceptors (Lipinski definition) is 7. The zero-order chi connectivity index (χ0) is 29.9. The van der Waals surface area contributed by atoms with Gasteiger partial charge in [-0.3, -0.25) is 4.79 Å². The Hall–Kier alpha value is -3.76. The number of carbonyl (C=O) groups excluding carboxylic acids is 1. The van der Waals surface area contributed by atoms with E-state index in [1.165, 1.54) is 12.1 Å². The zero-order valence-electron chi connectivity index (χ0n) is 24.6. The van der Waals surface area contributed by atoms with Crippen molar-refractivity contribution in [2.24, 2.45) is 5.92 Å². The predicted octanol–water partition coefficient (Wildman–Crippen LogP) is 4.11. The molecule has 0 saturated carbocycles. The number of benzene rings is 2. The number of likely N-dealkylation sites (tertiary alicyclic amines) is 2. The largest absolute Gasteiger partial charge is 0.424 e. The van der Waals surface area contributed by atoms with Gasteiger partial charge in [-0.25, -0.2) is 14.0 Å². The number of nitrogens with zero attached hydrogens (tertiary/aromatic N) is 3. The molecule has 2 saturated heterocycles. The minimum absolute atomic E-state index is 0.0209. The Labute approximate surface area is 249 Å². The summed E-state index contributed by atoms with van der Waals surface area (Å²) in [6, 6.07) is 12.3. The quantitative estimate of drug-likeness (QED) is 0.293. The Morgan fingerprint density at radius 3 is 2.30 bits per heavy atom. The van der Waals surface area contributed by atoms with Gasteiger partial charge in [0.05, 0.1) is 11.9 Å². The van der Waals surface area contributed by atoms with Crippen LogP contribution in [0, 0.1) is 11.7 Å². The lowest BCUT2D eigenvalue weighted by Crippen LogP contribution is -2.38. The monoisotopic (exact) mass is 590 g/mol. The van der Waals surface area contributed by atoms with Crippen molar-refractivity contribution in [2.45, 2.75) is 51.5 Å². The minimum atomic E-state index is -1.03. The number of piperidine rings is 2. The van der Waals surface area contributed by atoms with Gasteiger partial charge < -0.3 is 28.5 Å². The highest BCUT2D eigenvalue weighted by molar-refractivity contribution is 6.03. The molecule has 0 radical (unpaired) electrons. The maximum absolute atomic E-state index is 13.3. The number of amides is 1.